The van der Waals surface area contributed by atoms with Crippen molar-refractivity contribution < 1.29 is 4.74 Å². The number of hydrogen-bond acceptors (Lipinski definition) is 2. The Morgan fingerprint density at radius 1 is 0.960 bits per heavy atom. The van der Waals surface area contributed by atoms with Crippen LogP contribution in [-0.4, -0.2) is 9.38 Å². The van der Waals surface area contributed by atoms with Crippen LogP contribution in [0.5, 0.6) is 5.75 Å². The Morgan fingerprint density at radius 3 is 2.48 bits per heavy atom. The minimum absolute atomic E-state index is 0.519. The highest BCUT2D eigenvalue weighted by Crippen LogP contribution is 2.32. The van der Waals surface area contributed by atoms with Crippen LogP contribution in [0.2, 0.25) is 0 Å². The molecule has 25 heavy (non-hydrogen) atoms. The van der Waals surface area contributed by atoms with E-state index >= 15 is 0 Å². The molecule has 0 fully saturated rings. The van der Waals surface area contributed by atoms with Crippen LogP contribution in [0.25, 0.3) is 16.9 Å². The molecule has 0 unspecified atom stereocenters. The highest BCUT2D eigenvalue weighted by atomic mass is 79.9. The average Bonchev–Trinajstić information content (AvgIpc) is 2.99. The van der Waals surface area contributed by atoms with Gasteiger partial charge in [0.25, 0.3) is 0 Å². The first-order chi connectivity index (χ1) is 12.2. The standard InChI is InChI=1S/C21H17BrN2O/c1-15-9-11-17(12-10-15)19-20(22)24-13-5-8-18(21(24)23-19)25-14-16-6-3-2-4-7-16/h2-13H,14H2,1H3. The van der Waals surface area contributed by atoms with E-state index in [0.717, 1.165) is 32.8 Å². The lowest BCUT2D eigenvalue weighted by Crippen LogP contribution is -1.97. The van der Waals surface area contributed by atoms with Crippen molar-refractivity contribution in [1.29, 1.82) is 0 Å². The highest BCUT2D eigenvalue weighted by molar-refractivity contribution is 9.10. The maximum absolute atomic E-state index is 6.02. The lowest BCUT2D eigenvalue weighted by molar-refractivity contribution is 0.308. The summed E-state index contributed by atoms with van der Waals surface area (Å²) in [7, 11) is 0. The largest absolute Gasteiger partial charge is 0.485 e. The van der Waals surface area contributed by atoms with Gasteiger partial charge in [0.15, 0.2) is 11.4 Å². The minimum atomic E-state index is 0.519. The third kappa shape index (κ3) is 3.17. The molecule has 0 saturated heterocycles. The molecule has 3 nitrogen and oxygen atoms in total. The summed E-state index contributed by atoms with van der Waals surface area (Å²) in [4.78, 5) is 4.82. The predicted molar refractivity (Wildman–Crippen MR) is 104 cm³/mol. The molecule has 0 bridgehead atoms. The van der Waals surface area contributed by atoms with E-state index in [1.54, 1.807) is 0 Å². The lowest BCUT2D eigenvalue weighted by atomic mass is 10.1. The van der Waals surface area contributed by atoms with Gasteiger partial charge in [-0.3, -0.25) is 4.40 Å². The maximum atomic E-state index is 6.02. The van der Waals surface area contributed by atoms with Crippen molar-refractivity contribution in [3.63, 3.8) is 0 Å². The zero-order chi connectivity index (χ0) is 17.2. The summed E-state index contributed by atoms with van der Waals surface area (Å²) in [5.74, 6) is 0.769. The van der Waals surface area contributed by atoms with Crippen LogP contribution in [-0.2, 0) is 6.61 Å². The first-order valence-corrected chi connectivity index (χ1v) is 8.92. The fourth-order valence-corrected chi connectivity index (χ4v) is 3.36. The Morgan fingerprint density at radius 2 is 1.72 bits per heavy atom. The SMILES string of the molecule is Cc1ccc(-c2nc3c(OCc4ccccc4)cccn3c2Br)cc1. The minimum Gasteiger partial charge on any atom is -0.485 e. The van der Waals surface area contributed by atoms with Crippen LogP contribution >= 0.6 is 15.9 Å². The van der Waals surface area contributed by atoms with Gasteiger partial charge in [-0.1, -0.05) is 60.2 Å². The maximum Gasteiger partial charge on any atom is 0.181 e. The number of fused-ring (bicyclic) bond motifs is 1. The first kappa shape index (κ1) is 15.9. The molecule has 0 radical (unpaired) electrons. The molecular weight excluding hydrogens is 376 g/mol. The number of rotatable bonds is 4. The highest BCUT2D eigenvalue weighted by Gasteiger charge is 2.15. The topological polar surface area (TPSA) is 26.5 Å². The van der Waals surface area contributed by atoms with Crippen LogP contribution < -0.4 is 4.74 Å². The van der Waals surface area contributed by atoms with Gasteiger partial charge >= 0.3 is 0 Å². The van der Waals surface area contributed by atoms with Crippen LogP contribution in [0.4, 0.5) is 0 Å². The van der Waals surface area contributed by atoms with Crippen LogP contribution in [0.1, 0.15) is 11.1 Å². The van der Waals surface area contributed by atoms with Gasteiger partial charge in [-0.15, -0.1) is 0 Å². The fraction of sp³-hybridized carbons (Fsp3) is 0.0952. The summed E-state index contributed by atoms with van der Waals surface area (Å²) in [6.45, 7) is 2.60. The molecule has 0 amide bonds. The third-order valence-corrected chi connectivity index (χ3v) is 4.88. The van der Waals surface area contributed by atoms with Gasteiger partial charge in [0.2, 0.25) is 0 Å². The van der Waals surface area contributed by atoms with Crippen molar-refractivity contribution in [3.05, 3.63) is 88.7 Å². The molecule has 0 saturated carbocycles. The van der Waals surface area contributed by atoms with Crippen molar-refractivity contribution in [2.45, 2.75) is 13.5 Å². The molecule has 2 aromatic carbocycles. The Bertz CT molecular complexity index is 1010. The number of benzene rings is 2. The van der Waals surface area contributed by atoms with Crippen molar-refractivity contribution in [3.8, 4) is 17.0 Å². The smallest absolute Gasteiger partial charge is 0.181 e. The van der Waals surface area contributed by atoms with E-state index in [1.165, 1.54) is 5.56 Å². The summed E-state index contributed by atoms with van der Waals surface area (Å²) in [6.07, 6.45) is 1.99. The van der Waals surface area contributed by atoms with E-state index in [9.17, 15) is 0 Å². The first-order valence-electron chi connectivity index (χ1n) is 8.13. The lowest BCUT2D eigenvalue weighted by Gasteiger charge is -2.07. The summed E-state index contributed by atoms with van der Waals surface area (Å²) in [5, 5.41) is 0. The Balaban J connectivity index is 1.71. The van der Waals surface area contributed by atoms with E-state index < -0.39 is 0 Å². The molecule has 0 aliphatic carbocycles. The average molecular weight is 393 g/mol. The molecule has 2 heterocycles. The normalized spacial score (nSPS) is 11.0. The number of ether oxygens (including phenoxy) is 1. The molecule has 4 aromatic rings. The van der Waals surface area contributed by atoms with E-state index in [0.29, 0.717) is 6.61 Å². The van der Waals surface area contributed by atoms with Crippen LogP contribution in [0, 0.1) is 6.92 Å². The number of pyridine rings is 1. The molecule has 4 heteroatoms. The van der Waals surface area contributed by atoms with E-state index in [1.807, 2.05) is 40.9 Å². The van der Waals surface area contributed by atoms with Crippen molar-refractivity contribution >= 4 is 21.6 Å². The van der Waals surface area contributed by atoms with Crippen molar-refractivity contribution in [2.75, 3.05) is 0 Å². The quantitative estimate of drug-likeness (QED) is 0.448. The van der Waals surface area contributed by atoms with Crippen molar-refractivity contribution in [2.24, 2.45) is 0 Å². The van der Waals surface area contributed by atoms with Gasteiger partial charge < -0.3 is 4.74 Å². The molecule has 4 rings (SSSR count). The fourth-order valence-electron chi connectivity index (χ4n) is 2.76. The second-order valence-corrected chi connectivity index (χ2v) is 6.71. The number of nitrogens with zero attached hydrogens (tertiary/aromatic N) is 2. The molecule has 0 aliphatic rings. The van der Waals surface area contributed by atoms with Gasteiger partial charge in [-0.25, -0.2) is 4.98 Å². The Hall–Kier alpha value is -2.59. The number of aromatic nitrogens is 2. The summed E-state index contributed by atoms with van der Waals surface area (Å²) in [5.41, 5.74) is 5.16. The van der Waals surface area contributed by atoms with Gasteiger partial charge in [0, 0.05) is 11.8 Å². The van der Waals surface area contributed by atoms with E-state index in [-0.39, 0.29) is 0 Å². The molecule has 0 N–H and O–H groups in total. The molecule has 0 atom stereocenters. The zero-order valence-electron chi connectivity index (χ0n) is 13.8. The van der Waals surface area contributed by atoms with Gasteiger partial charge in [0.1, 0.15) is 16.9 Å². The second kappa shape index (κ2) is 6.73. The molecule has 2 aromatic heterocycles. The van der Waals surface area contributed by atoms with Crippen molar-refractivity contribution in [1.82, 2.24) is 9.38 Å². The summed E-state index contributed by atoms with van der Waals surface area (Å²) < 4.78 is 8.96. The predicted octanol–water partition coefficient (Wildman–Crippen LogP) is 5.65. The van der Waals surface area contributed by atoms with Crippen LogP contribution in [0.15, 0.2) is 77.5 Å². The molecule has 0 spiro atoms. The Kier molecular flexibility index (Phi) is 4.28. The van der Waals surface area contributed by atoms with Gasteiger partial charge in [-0.2, -0.15) is 0 Å². The zero-order valence-corrected chi connectivity index (χ0v) is 15.4. The molecule has 124 valence electrons. The van der Waals surface area contributed by atoms with Gasteiger partial charge in [0.05, 0.1) is 0 Å². The van der Waals surface area contributed by atoms with Crippen LogP contribution in [0.3, 0.4) is 0 Å². The number of hydrogen-bond donors (Lipinski definition) is 0. The Labute approximate surface area is 155 Å². The summed E-state index contributed by atoms with van der Waals surface area (Å²) in [6, 6.07) is 22.4. The number of halogens is 1. The van der Waals surface area contributed by atoms with E-state index in [2.05, 4.69) is 59.3 Å². The number of imidazole rings is 1. The summed E-state index contributed by atoms with van der Waals surface area (Å²) >= 11 is 3.68. The van der Waals surface area contributed by atoms with Gasteiger partial charge in [-0.05, 0) is 40.5 Å². The molecular formula is C21H17BrN2O. The number of aryl methyl sites for hydroxylation is 1. The molecule has 0 aliphatic heterocycles. The van der Waals surface area contributed by atoms with E-state index in [4.69, 9.17) is 9.72 Å². The third-order valence-electron chi connectivity index (χ3n) is 4.12. The second-order valence-electron chi connectivity index (χ2n) is 5.96. The monoisotopic (exact) mass is 392 g/mol.